The maximum absolute atomic E-state index is 12.6. The summed E-state index contributed by atoms with van der Waals surface area (Å²) in [5, 5.41) is 0.0828. The Morgan fingerprint density at radius 1 is 1.39 bits per heavy atom. The van der Waals surface area contributed by atoms with Crippen LogP contribution in [0.5, 0.6) is 0 Å². The maximum atomic E-state index is 12.6. The number of nitrogens with one attached hydrogen (secondary N) is 1. The first kappa shape index (κ1) is 21.5. The third-order valence-corrected chi connectivity index (χ3v) is 9.10. The third kappa shape index (κ3) is 4.08. The number of halogens is 1. The number of hydrogen-bond donors (Lipinski definition) is 1. The molecule has 0 bridgehead atoms. The molecular formula is C18H27ClN4O3S2. The summed E-state index contributed by atoms with van der Waals surface area (Å²) in [6.45, 7) is 10.2. The smallest absolute Gasteiger partial charge is 0.156 e. The summed E-state index contributed by atoms with van der Waals surface area (Å²) in [5.41, 5.74) is 1.62. The predicted octanol–water partition coefficient (Wildman–Crippen LogP) is 2.72. The fourth-order valence-electron chi connectivity index (χ4n) is 3.26. The molecule has 0 aromatic carbocycles. The van der Waals surface area contributed by atoms with Gasteiger partial charge in [-0.3, -0.25) is 4.40 Å². The Labute approximate surface area is 174 Å². The second-order valence-electron chi connectivity index (χ2n) is 8.26. The minimum atomic E-state index is -3.08. The second kappa shape index (κ2) is 7.59. The topological polar surface area (TPSA) is 83.8 Å². The Morgan fingerprint density at radius 2 is 2.07 bits per heavy atom. The number of anilines is 1. The average Bonchev–Trinajstić information content (AvgIpc) is 3.06. The quantitative estimate of drug-likeness (QED) is 0.780. The van der Waals surface area contributed by atoms with Crippen molar-refractivity contribution in [3.8, 4) is 0 Å². The highest BCUT2D eigenvalue weighted by Gasteiger charge is 2.33. The van der Waals surface area contributed by atoms with Crippen molar-refractivity contribution in [2.45, 2.75) is 50.7 Å². The van der Waals surface area contributed by atoms with Gasteiger partial charge in [0.25, 0.3) is 0 Å². The number of aromatic nitrogens is 2. The lowest BCUT2D eigenvalue weighted by Gasteiger charge is -2.35. The first-order valence-electron chi connectivity index (χ1n) is 9.21. The van der Waals surface area contributed by atoms with Gasteiger partial charge < -0.3 is 4.90 Å². The standard InChI is InChI=1S/C18H27ClN4O3S2/c1-12-10-22(6-7-28(12,25)26)17-14(13(2)21-27(24)18(3,4)5)8-15(19)16-9-20-11-23(16)17/h8-9,11-13,21H,6-7,10H2,1-5H3. The van der Waals surface area contributed by atoms with E-state index in [4.69, 9.17) is 11.6 Å². The Bertz CT molecular complexity index is 1010. The van der Waals surface area contributed by atoms with E-state index in [9.17, 15) is 12.6 Å². The van der Waals surface area contributed by atoms with Crippen LogP contribution in [0.4, 0.5) is 5.82 Å². The second-order valence-corrected chi connectivity index (χ2v) is 13.2. The molecule has 3 atom stereocenters. The molecule has 0 radical (unpaired) electrons. The highest BCUT2D eigenvalue weighted by atomic mass is 35.5. The Hall–Kier alpha value is -1.16. The molecule has 0 amide bonds. The average molecular weight is 447 g/mol. The van der Waals surface area contributed by atoms with Crippen LogP contribution in [-0.4, -0.2) is 50.9 Å². The summed E-state index contributed by atoms with van der Waals surface area (Å²) in [5.74, 6) is 0.937. The SMILES string of the molecule is CC(NS(=O)C(C)(C)C)c1cc(Cl)c2cncn2c1N1CCS(=O)(=O)C(C)C1. The van der Waals surface area contributed by atoms with Gasteiger partial charge in [-0.2, -0.15) is 0 Å². The van der Waals surface area contributed by atoms with E-state index in [1.807, 2.05) is 38.2 Å². The van der Waals surface area contributed by atoms with Crippen molar-refractivity contribution in [3.05, 3.63) is 29.2 Å². The van der Waals surface area contributed by atoms with Gasteiger partial charge >= 0.3 is 0 Å². The van der Waals surface area contributed by atoms with Crippen LogP contribution < -0.4 is 9.62 Å². The summed E-state index contributed by atoms with van der Waals surface area (Å²) in [6.07, 6.45) is 3.37. The number of sulfone groups is 1. The van der Waals surface area contributed by atoms with Crippen LogP contribution in [0.25, 0.3) is 5.52 Å². The molecule has 28 heavy (non-hydrogen) atoms. The maximum Gasteiger partial charge on any atom is 0.156 e. The number of fused-ring (bicyclic) bond motifs is 1. The van der Waals surface area contributed by atoms with Crippen LogP contribution in [0.3, 0.4) is 0 Å². The number of imidazole rings is 1. The van der Waals surface area contributed by atoms with Crippen LogP contribution in [0.1, 0.15) is 46.2 Å². The van der Waals surface area contributed by atoms with E-state index in [1.54, 1.807) is 19.4 Å². The third-order valence-electron chi connectivity index (χ3n) is 4.99. The van der Waals surface area contributed by atoms with Crippen molar-refractivity contribution < 1.29 is 12.6 Å². The predicted molar refractivity (Wildman–Crippen MR) is 115 cm³/mol. The summed E-state index contributed by atoms with van der Waals surface area (Å²) >= 11 is 6.48. The largest absolute Gasteiger partial charge is 0.355 e. The van der Waals surface area contributed by atoms with Crippen molar-refractivity contribution in [3.63, 3.8) is 0 Å². The van der Waals surface area contributed by atoms with Gasteiger partial charge in [-0.1, -0.05) is 11.6 Å². The van der Waals surface area contributed by atoms with Crippen LogP contribution in [0, 0.1) is 0 Å². The Balaban J connectivity index is 2.07. The molecule has 1 aliphatic heterocycles. The molecule has 2 aromatic heterocycles. The summed E-state index contributed by atoms with van der Waals surface area (Å²) in [7, 11) is -4.34. The molecule has 1 aliphatic rings. The fourth-order valence-corrected chi connectivity index (χ4v) is 5.60. The van der Waals surface area contributed by atoms with Gasteiger partial charge in [0.15, 0.2) is 9.84 Å². The molecule has 0 saturated carbocycles. The fraction of sp³-hybridized carbons (Fsp3) is 0.611. The summed E-state index contributed by atoms with van der Waals surface area (Å²) < 4.78 is 41.6. The highest BCUT2D eigenvalue weighted by molar-refractivity contribution is 7.92. The van der Waals surface area contributed by atoms with Crippen molar-refractivity contribution in [2.24, 2.45) is 0 Å². The molecule has 2 aromatic rings. The van der Waals surface area contributed by atoms with Gasteiger partial charge in [-0.05, 0) is 40.7 Å². The Kier molecular flexibility index (Phi) is 5.84. The number of nitrogens with zero attached hydrogens (tertiary/aromatic N) is 3. The highest BCUT2D eigenvalue weighted by Crippen LogP contribution is 2.34. The molecule has 10 heteroatoms. The van der Waals surface area contributed by atoms with Crippen LogP contribution in [0.2, 0.25) is 5.02 Å². The summed E-state index contributed by atoms with van der Waals surface area (Å²) in [4.78, 5) is 6.28. The lowest BCUT2D eigenvalue weighted by molar-refractivity contribution is 0.567. The molecule has 0 aliphatic carbocycles. The van der Waals surface area contributed by atoms with E-state index < -0.39 is 30.8 Å². The van der Waals surface area contributed by atoms with Crippen LogP contribution in [-0.2, 0) is 20.8 Å². The first-order chi connectivity index (χ1) is 12.9. The molecule has 3 heterocycles. The molecule has 1 saturated heterocycles. The normalized spacial score (nSPS) is 22.4. The van der Waals surface area contributed by atoms with E-state index in [-0.39, 0.29) is 11.8 Å². The number of rotatable bonds is 4. The number of pyridine rings is 1. The van der Waals surface area contributed by atoms with Crippen molar-refractivity contribution in [1.29, 1.82) is 0 Å². The number of hydrogen-bond acceptors (Lipinski definition) is 5. The first-order valence-corrected chi connectivity index (χ1v) is 12.4. The van der Waals surface area contributed by atoms with Gasteiger partial charge in [0, 0.05) is 24.7 Å². The zero-order valence-electron chi connectivity index (χ0n) is 16.8. The van der Waals surface area contributed by atoms with Gasteiger partial charge in [-0.25, -0.2) is 22.3 Å². The molecular weight excluding hydrogens is 420 g/mol. The van der Waals surface area contributed by atoms with Crippen molar-refractivity contribution in [1.82, 2.24) is 14.1 Å². The van der Waals surface area contributed by atoms with Gasteiger partial charge in [-0.15, -0.1) is 0 Å². The molecule has 1 N–H and O–H groups in total. The molecule has 1 fully saturated rings. The molecule has 156 valence electrons. The Morgan fingerprint density at radius 3 is 2.68 bits per heavy atom. The van der Waals surface area contributed by atoms with Crippen molar-refractivity contribution >= 4 is 43.8 Å². The minimum Gasteiger partial charge on any atom is -0.355 e. The van der Waals surface area contributed by atoms with Crippen LogP contribution >= 0.6 is 11.6 Å². The zero-order chi connectivity index (χ0) is 20.9. The van der Waals surface area contributed by atoms with E-state index >= 15 is 0 Å². The van der Waals surface area contributed by atoms with Gasteiger partial charge in [0.2, 0.25) is 0 Å². The van der Waals surface area contributed by atoms with Gasteiger partial charge in [0.1, 0.15) is 12.1 Å². The van der Waals surface area contributed by atoms with E-state index in [1.165, 1.54) is 0 Å². The molecule has 0 spiro atoms. The summed E-state index contributed by atoms with van der Waals surface area (Å²) in [6, 6.07) is 1.60. The van der Waals surface area contributed by atoms with Crippen LogP contribution in [0.15, 0.2) is 18.6 Å². The lowest BCUT2D eigenvalue weighted by atomic mass is 10.1. The minimum absolute atomic E-state index is 0.0994. The molecule has 7 nitrogen and oxygen atoms in total. The lowest BCUT2D eigenvalue weighted by Crippen LogP contribution is -2.47. The van der Waals surface area contributed by atoms with E-state index in [0.717, 1.165) is 16.9 Å². The zero-order valence-corrected chi connectivity index (χ0v) is 19.2. The molecule has 3 rings (SSSR count). The van der Waals surface area contributed by atoms with E-state index in [2.05, 4.69) is 14.6 Å². The monoisotopic (exact) mass is 446 g/mol. The molecule has 3 unspecified atom stereocenters. The van der Waals surface area contributed by atoms with Gasteiger partial charge in [0.05, 0.1) is 43.5 Å². The van der Waals surface area contributed by atoms with E-state index in [0.29, 0.717) is 18.1 Å². The van der Waals surface area contributed by atoms with Crippen molar-refractivity contribution in [2.75, 3.05) is 23.7 Å².